The van der Waals surface area contributed by atoms with E-state index in [4.69, 9.17) is 26.8 Å². The molecule has 4 rings (SSSR count). The van der Waals surface area contributed by atoms with E-state index in [0.29, 0.717) is 48.1 Å². The molecule has 0 spiro atoms. The molecule has 1 fully saturated rings. The summed E-state index contributed by atoms with van der Waals surface area (Å²) >= 11 is 6.43. The number of ether oxygens (including phenoxy) is 2. The van der Waals surface area contributed by atoms with Crippen LogP contribution in [0, 0.1) is 11.3 Å². The molecule has 1 saturated heterocycles. The maximum Gasteiger partial charge on any atom is 0.355 e. The Hall–Kier alpha value is -4.49. The number of carbonyl (C=O) groups is 3. The Labute approximate surface area is 231 Å². The number of piperazine rings is 1. The van der Waals surface area contributed by atoms with Crippen LogP contribution in [0.3, 0.4) is 0 Å². The molecule has 10 nitrogen and oxygen atoms in total. The second-order valence-electron chi connectivity index (χ2n) is 8.96. The van der Waals surface area contributed by atoms with Crippen LogP contribution in [0.15, 0.2) is 71.2 Å². The SMILES string of the molecule is COC(=O)C1=C(C(=O)OC)N(c2cc(Cl)ccc2N2CCN(C(C)=O)CC2)C(N)=C(C#N)C1c1ccccc1. The van der Waals surface area contributed by atoms with Gasteiger partial charge in [-0.25, -0.2) is 9.59 Å². The van der Waals surface area contributed by atoms with Gasteiger partial charge in [-0.15, -0.1) is 0 Å². The highest BCUT2D eigenvalue weighted by Gasteiger charge is 2.43. The molecule has 0 aromatic heterocycles. The molecule has 0 saturated carbocycles. The summed E-state index contributed by atoms with van der Waals surface area (Å²) in [6, 6.07) is 16.0. The maximum absolute atomic E-state index is 13.4. The maximum atomic E-state index is 13.4. The third-order valence-corrected chi connectivity index (χ3v) is 7.09. The fourth-order valence-electron chi connectivity index (χ4n) is 4.97. The molecule has 2 aromatic rings. The summed E-state index contributed by atoms with van der Waals surface area (Å²) < 4.78 is 10.2. The molecule has 2 aliphatic heterocycles. The minimum absolute atomic E-state index is 0.0153. The first-order valence-electron chi connectivity index (χ1n) is 12.2. The lowest BCUT2D eigenvalue weighted by Crippen LogP contribution is -2.48. The van der Waals surface area contributed by atoms with Crippen LogP contribution in [0.25, 0.3) is 0 Å². The number of benzene rings is 2. The van der Waals surface area contributed by atoms with Crippen molar-refractivity contribution < 1.29 is 23.9 Å². The van der Waals surface area contributed by atoms with Crippen molar-refractivity contribution in [1.82, 2.24) is 4.90 Å². The zero-order valence-electron chi connectivity index (χ0n) is 21.8. The summed E-state index contributed by atoms with van der Waals surface area (Å²) in [7, 11) is 2.39. The third kappa shape index (κ3) is 5.13. The van der Waals surface area contributed by atoms with Crippen molar-refractivity contribution in [2.75, 3.05) is 50.2 Å². The standard InChI is InChI=1S/C28H28ClN5O5/c1-17(35)32-11-13-33(14-12-32)21-10-9-19(29)15-22(21)34-25(28(37)39-3)24(27(36)38-2)23(20(16-30)26(34)31)18-7-5-4-6-8-18/h4-10,15,23H,11-14,31H2,1-3H3. The number of allylic oxidation sites excluding steroid dienone is 1. The van der Waals surface area contributed by atoms with Crippen molar-refractivity contribution in [2.45, 2.75) is 12.8 Å². The van der Waals surface area contributed by atoms with Gasteiger partial charge in [-0.1, -0.05) is 41.9 Å². The average molecular weight is 550 g/mol. The molecule has 39 heavy (non-hydrogen) atoms. The Morgan fingerprint density at radius 3 is 2.18 bits per heavy atom. The Bertz CT molecular complexity index is 1410. The van der Waals surface area contributed by atoms with Crippen molar-refractivity contribution in [1.29, 1.82) is 5.26 Å². The summed E-state index contributed by atoms with van der Waals surface area (Å²) in [5.74, 6) is -2.70. The van der Waals surface area contributed by atoms with E-state index in [9.17, 15) is 19.6 Å². The topological polar surface area (TPSA) is 129 Å². The number of rotatable bonds is 5. The summed E-state index contributed by atoms with van der Waals surface area (Å²) in [6.45, 7) is 3.52. The van der Waals surface area contributed by atoms with Crippen LogP contribution < -0.4 is 15.5 Å². The van der Waals surface area contributed by atoms with Gasteiger partial charge in [-0.2, -0.15) is 5.26 Å². The van der Waals surface area contributed by atoms with Gasteiger partial charge in [0.15, 0.2) is 0 Å². The van der Waals surface area contributed by atoms with E-state index in [1.165, 1.54) is 26.0 Å². The van der Waals surface area contributed by atoms with Crippen LogP contribution in [0.5, 0.6) is 0 Å². The lowest BCUT2D eigenvalue weighted by molar-refractivity contribution is -0.139. The monoisotopic (exact) mass is 549 g/mol. The average Bonchev–Trinajstić information content (AvgIpc) is 2.96. The van der Waals surface area contributed by atoms with Crippen molar-refractivity contribution in [2.24, 2.45) is 5.73 Å². The summed E-state index contributed by atoms with van der Waals surface area (Å²) in [4.78, 5) is 43.7. The van der Waals surface area contributed by atoms with E-state index in [-0.39, 0.29) is 28.6 Å². The number of nitrogens with two attached hydrogens (primary N) is 1. The number of esters is 2. The van der Waals surface area contributed by atoms with Crippen molar-refractivity contribution in [3.8, 4) is 6.07 Å². The third-order valence-electron chi connectivity index (χ3n) is 6.85. The molecule has 2 aliphatic rings. The number of hydrogen-bond donors (Lipinski definition) is 1. The predicted molar refractivity (Wildman–Crippen MR) is 145 cm³/mol. The molecule has 0 bridgehead atoms. The van der Waals surface area contributed by atoms with Gasteiger partial charge in [0.1, 0.15) is 11.5 Å². The zero-order valence-corrected chi connectivity index (χ0v) is 22.6. The largest absolute Gasteiger partial charge is 0.466 e. The van der Waals surface area contributed by atoms with Crippen molar-refractivity contribution >= 4 is 40.8 Å². The number of nitrogens with zero attached hydrogens (tertiary/aromatic N) is 4. The molecule has 11 heteroatoms. The van der Waals surface area contributed by atoms with Gasteiger partial charge in [0.25, 0.3) is 0 Å². The Balaban J connectivity index is 1.98. The van der Waals surface area contributed by atoms with E-state index in [1.807, 2.05) is 4.90 Å². The first-order chi connectivity index (χ1) is 18.7. The fraction of sp³-hybridized carbons (Fsp3) is 0.286. The lowest BCUT2D eigenvalue weighted by Gasteiger charge is -2.40. The van der Waals surface area contributed by atoms with Crippen LogP contribution in [0.2, 0.25) is 5.02 Å². The van der Waals surface area contributed by atoms with Crippen LogP contribution >= 0.6 is 11.6 Å². The highest BCUT2D eigenvalue weighted by Crippen LogP contribution is 2.46. The molecular weight excluding hydrogens is 522 g/mol. The van der Waals surface area contributed by atoms with Gasteiger partial charge in [0, 0.05) is 38.1 Å². The van der Waals surface area contributed by atoms with Crippen LogP contribution in [-0.4, -0.2) is 63.1 Å². The van der Waals surface area contributed by atoms with Gasteiger partial charge < -0.3 is 25.0 Å². The van der Waals surface area contributed by atoms with E-state index in [1.54, 1.807) is 53.4 Å². The number of methoxy groups -OCH3 is 2. The van der Waals surface area contributed by atoms with E-state index < -0.39 is 17.9 Å². The molecule has 1 unspecified atom stereocenters. The van der Waals surface area contributed by atoms with Crippen LogP contribution in [-0.2, 0) is 23.9 Å². The van der Waals surface area contributed by atoms with Gasteiger partial charge >= 0.3 is 11.9 Å². The molecular formula is C28H28ClN5O5. The van der Waals surface area contributed by atoms with Gasteiger partial charge in [0.2, 0.25) is 5.91 Å². The minimum atomic E-state index is -0.976. The molecule has 0 aliphatic carbocycles. The summed E-state index contributed by atoms with van der Waals surface area (Å²) in [5.41, 5.74) is 8.04. The van der Waals surface area contributed by atoms with Crippen LogP contribution in [0.4, 0.5) is 11.4 Å². The first-order valence-corrected chi connectivity index (χ1v) is 12.6. The van der Waals surface area contributed by atoms with Crippen molar-refractivity contribution in [3.05, 3.63) is 81.8 Å². The Kier molecular flexibility index (Phi) is 8.12. The molecule has 2 heterocycles. The number of amides is 1. The molecule has 1 atom stereocenters. The molecule has 202 valence electrons. The number of anilines is 2. The van der Waals surface area contributed by atoms with Crippen molar-refractivity contribution in [3.63, 3.8) is 0 Å². The fourth-order valence-corrected chi connectivity index (χ4v) is 5.14. The first kappa shape index (κ1) is 27.5. The predicted octanol–water partition coefficient (Wildman–Crippen LogP) is 2.91. The van der Waals surface area contributed by atoms with Gasteiger partial charge in [-0.3, -0.25) is 9.69 Å². The van der Waals surface area contributed by atoms with E-state index in [0.717, 1.165) is 0 Å². The highest BCUT2D eigenvalue weighted by atomic mass is 35.5. The second-order valence-corrected chi connectivity index (χ2v) is 9.40. The summed E-state index contributed by atoms with van der Waals surface area (Å²) in [5, 5.41) is 10.6. The minimum Gasteiger partial charge on any atom is -0.466 e. The molecule has 2 aromatic carbocycles. The van der Waals surface area contributed by atoms with Gasteiger partial charge in [-0.05, 0) is 23.8 Å². The normalized spacial score (nSPS) is 17.6. The molecule has 0 radical (unpaired) electrons. The zero-order chi connectivity index (χ0) is 28.3. The second kappa shape index (κ2) is 11.5. The number of carbonyl (C=O) groups excluding carboxylic acids is 3. The quantitative estimate of drug-likeness (QED) is 0.559. The van der Waals surface area contributed by atoms with E-state index in [2.05, 4.69) is 6.07 Å². The highest BCUT2D eigenvalue weighted by molar-refractivity contribution is 6.31. The number of nitriles is 1. The number of hydrogen-bond acceptors (Lipinski definition) is 9. The van der Waals surface area contributed by atoms with Crippen LogP contribution in [0.1, 0.15) is 18.4 Å². The van der Waals surface area contributed by atoms with Gasteiger partial charge in [0.05, 0.1) is 48.7 Å². The van der Waals surface area contributed by atoms with E-state index >= 15 is 0 Å². The summed E-state index contributed by atoms with van der Waals surface area (Å²) in [6.07, 6.45) is 0. The Morgan fingerprint density at radius 1 is 0.974 bits per heavy atom. The smallest absolute Gasteiger partial charge is 0.355 e. The lowest BCUT2D eigenvalue weighted by atomic mass is 9.81. The molecule has 2 N–H and O–H groups in total. The molecule has 1 amide bonds. The number of halogens is 1. The Morgan fingerprint density at radius 2 is 1.62 bits per heavy atom.